The maximum Gasteiger partial charge on any atom is 0.327 e. The number of aromatic nitrogens is 3. The minimum absolute atomic E-state index is 0.0563. The van der Waals surface area contributed by atoms with Gasteiger partial charge in [0, 0.05) is 0 Å². The predicted molar refractivity (Wildman–Crippen MR) is 66.4 cm³/mol. The summed E-state index contributed by atoms with van der Waals surface area (Å²) in [6.07, 6.45) is 0. The highest BCUT2D eigenvalue weighted by Crippen LogP contribution is 2.33. The molecule has 0 saturated carbocycles. The van der Waals surface area contributed by atoms with Crippen LogP contribution in [0.1, 0.15) is 0 Å². The third-order valence-electron chi connectivity index (χ3n) is 1.68. The maximum atomic E-state index is 5.93. The molecule has 0 amide bonds. The lowest BCUT2D eigenvalue weighted by atomic mass is 10.3. The monoisotopic (exact) mass is 309 g/mol. The number of hydrogen-bond acceptors (Lipinski definition) is 4. The van der Waals surface area contributed by atoms with E-state index < -0.39 is 0 Å². The van der Waals surface area contributed by atoms with Crippen LogP contribution in [0.15, 0.2) is 18.2 Å². The molecule has 0 saturated heterocycles. The van der Waals surface area contributed by atoms with E-state index in [1.165, 1.54) is 0 Å². The van der Waals surface area contributed by atoms with Crippen LogP contribution in [-0.4, -0.2) is 15.0 Å². The molecule has 0 aliphatic carbocycles. The molecule has 0 aliphatic heterocycles. The van der Waals surface area contributed by atoms with Crippen LogP contribution in [0.5, 0.6) is 11.8 Å². The molecule has 0 spiro atoms. The van der Waals surface area contributed by atoms with Crippen molar-refractivity contribution >= 4 is 46.4 Å². The van der Waals surface area contributed by atoms with Crippen molar-refractivity contribution in [3.05, 3.63) is 38.8 Å². The van der Waals surface area contributed by atoms with Crippen LogP contribution in [0, 0.1) is 0 Å². The number of hydrogen-bond donors (Lipinski definition) is 0. The molecule has 0 fully saturated rings. The molecular weight excluding hydrogens is 308 g/mol. The lowest BCUT2D eigenvalue weighted by Crippen LogP contribution is -1.95. The topological polar surface area (TPSA) is 47.9 Å². The second kappa shape index (κ2) is 5.23. The average molecular weight is 311 g/mol. The Labute approximate surface area is 116 Å². The van der Waals surface area contributed by atoms with Gasteiger partial charge in [0.1, 0.15) is 5.02 Å². The molecular formula is C9H3Cl4N3O. The molecule has 0 radical (unpaired) electrons. The Bertz CT molecular complexity index is 544. The van der Waals surface area contributed by atoms with E-state index in [-0.39, 0.29) is 21.6 Å². The van der Waals surface area contributed by atoms with Crippen LogP contribution in [0.25, 0.3) is 0 Å². The molecule has 0 bridgehead atoms. The standard InChI is InChI=1S/C9H3Cl4N3O/c10-4-2-1-3-5(6(4)11)17-9-15-7(12)14-8(13)16-9/h1-3H. The van der Waals surface area contributed by atoms with Gasteiger partial charge in [0.05, 0.1) is 5.02 Å². The van der Waals surface area contributed by atoms with E-state index in [0.717, 1.165) is 0 Å². The molecule has 4 nitrogen and oxygen atoms in total. The summed E-state index contributed by atoms with van der Waals surface area (Å²) < 4.78 is 5.30. The first-order valence-corrected chi connectivity index (χ1v) is 5.76. The molecule has 0 aliphatic rings. The molecule has 0 unspecified atom stereocenters. The van der Waals surface area contributed by atoms with Gasteiger partial charge in [-0.2, -0.15) is 15.0 Å². The first-order valence-electron chi connectivity index (χ1n) is 4.25. The van der Waals surface area contributed by atoms with E-state index in [4.69, 9.17) is 51.1 Å². The van der Waals surface area contributed by atoms with Crippen molar-refractivity contribution in [1.82, 2.24) is 15.0 Å². The van der Waals surface area contributed by atoms with Crippen molar-refractivity contribution in [2.75, 3.05) is 0 Å². The van der Waals surface area contributed by atoms with Crippen LogP contribution >= 0.6 is 46.4 Å². The molecule has 17 heavy (non-hydrogen) atoms. The Morgan fingerprint density at radius 3 is 2.18 bits per heavy atom. The third-order valence-corrected chi connectivity index (χ3v) is 2.82. The van der Waals surface area contributed by atoms with Gasteiger partial charge < -0.3 is 4.74 Å². The normalized spacial score (nSPS) is 10.4. The van der Waals surface area contributed by atoms with Crippen molar-refractivity contribution < 1.29 is 4.74 Å². The van der Waals surface area contributed by atoms with Crippen LogP contribution in [0.3, 0.4) is 0 Å². The van der Waals surface area contributed by atoms with Crippen molar-refractivity contribution in [3.8, 4) is 11.8 Å². The van der Waals surface area contributed by atoms with Crippen LogP contribution < -0.4 is 4.74 Å². The smallest absolute Gasteiger partial charge is 0.327 e. The van der Waals surface area contributed by atoms with Crippen molar-refractivity contribution in [2.45, 2.75) is 0 Å². The summed E-state index contributed by atoms with van der Waals surface area (Å²) >= 11 is 23.0. The van der Waals surface area contributed by atoms with E-state index in [1.807, 2.05) is 0 Å². The molecule has 1 aromatic heterocycles. The third kappa shape index (κ3) is 3.10. The number of rotatable bonds is 2. The van der Waals surface area contributed by atoms with Gasteiger partial charge in [-0.15, -0.1) is 0 Å². The zero-order valence-corrected chi connectivity index (χ0v) is 11.0. The summed E-state index contributed by atoms with van der Waals surface area (Å²) in [6.45, 7) is 0. The molecule has 0 atom stereocenters. The Kier molecular flexibility index (Phi) is 3.89. The summed E-state index contributed by atoms with van der Waals surface area (Å²) in [5.74, 6) is 0.303. The van der Waals surface area contributed by atoms with E-state index in [1.54, 1.807) is 18.2 Å². The predicted octanol–water partition coefficient (Wildman–Crippen LogP) is 4.28. The second-order valence-corrected chi connectivity index (χ2v) is 4.27. The van der Waals surface area contributed by atoms with Crippen molar-refractivity contribution in [3.63, 3.8) is 0 Å². The zero-order chi connectivity index (χ0) is 12.4. The molecule has 8 heteroatoms. The molecule has 1 heterocycles. The number of halogens is 4. The fraction of sp³-hybridized carbons (Fsp3) is 0. The van der Waals surface area contributed by atoms with Crippen LogP contribution in [0.4, 0.5) is 0 Å². The van der Waals surface area contributed by atoms with Gasteiger partial charge >= 0.3 is 6.01 Å². The highest BCUT2D eigenvalue weighted by molar-refractivity contribution is 6.42. The molecule has 0 N–H and O–H groups in total. The Balaban J connectivity index is 2.34. The summed E-state index contributed by atoms with van der Waals surface area (Å²) in [6, 6.07) is 4.86. The molecule has 88 valence electrons. The first-order chi connectivity index (χ1) is 8.06. The van der Waals surface area contributed by atoms with E-state index in [2.05, 4.69) is 15.0 Å². The average Bonchev–Trinajstić information content (AvgIpc) is 2.23. The maximum absolute atomic E-state index is 5.93. The van der Waals surface area contributed by atoms with Gasteiger partial charge in [0.15, 0.2) is 5.75 Å². The molecule has 2 aromatic rings. The lowest BCUT2D eigenvalue weighted by molar-refractivity contribution is 0.440. The van der Waals surface area contributed by atoms with Gasteiger partial charge in [-0.1, -0.05) is 29.3 Å². The van der Waals surface area contributed by atoms with Gasteiger partial charge in [0.25, 0.3) is 0 Å². The number of ether oxygens (including phenoxy) is 1. The minimum Gasteiger partial charge on any atom is -0.423 e. The molecule has 1 aromatic carbocycles. The van der Waals surface area contributed by atoms with Gasteiger partial charge in [-0.25, -0.2) is 0 Å². The highest BCUT2D eigenvalue weighted by atomic mass is 35.5. The van der Waals surface area contributed by atoms with E-state index in [0.29, 0.717) is 10.8 Å². The van der Waals surface area contributed by atoms with E-state index >= 15 is 0 Å². The number of nitrogens with zero attached hydrogens (tertiary/aromatic N) is 3. The Morgan fingerprint density at radius 2 is 1.53 bits per heavy atom. The van der Waals surface area contributed by atoms with Gasteiger partial charge in [-0.3, -0.25) is 0 Å². The first kappa shape index (κ1) is 12.6. The quantitative estimate of drug-likeness (QED) is 0.830. The second-order valence-electron chi connectivity index (χ2n) is 2.81. The van der Waals surface area contributed by atoms with Crippen molar-refractivity contribution in [1.29, 1.82) is 0 Å². The Morgan fingerprint density at radius 1 is 0.882 bits per heavy atom. The summed E-state index contributed by atoms with van der Waals surface area (Å²) in [5, 5.41) is 0.466. The van der Waals surface area contributed by atoms with Crippen LogP contribution in [0.2, 0.25) is 20.6 Å². The van der Waals surface area contributed by atoms with Crippen LogP contribution in [-0.2, 0) is 0 Å². The highest BCUT2D eigenvalue weighted by Gasteiger charge is 2.10. The minimum atomic E-state index is -0.0712. The lowest BCUT2D eigenvalue weighted by Gasteiger charge is -2.06. The fourth-order valence-electron chi connectivity index (χ4n) is 1.02. The van der Waals surface area contributed by atoms with Gasteiger partial charge in [0.2, 0.25) is 10.6 Å². The fourth-order valence-corrected chi connectivity index (χ4v) is 1.69. The molecule has 2 rings (SSSR count). The summed E-state index contributed by atoms with van der Waals surface area (Å²) in [7, 11) is 0. The van der Waals surface area contributed by atoms with Gasteiger partial charge in [-0.05, 0) is 35.3 Å². The SMILES string of the molecule is Clc1nc(Cl)nc(Oc2cccc(Cl)c2Cl)n1. The summed E-state index contributed by atoms with van der Waals surface area (Å²) in [4.78, 5) is 11.1. The Hall–Kier alpha value is -0.810. The largest absolute Gasteiger partial charge is 0.423 e. The van der Waals surface area contributed by atoms with E-state index in [9.17, 15) is 0 Å². The number of benzene rings is 1. The zero-order valence-electron chi connectivity index (χ0n) is 7.99. The summed E-state index contributed by atoms with van der Waals surface area (Å²) in [5.41, 5.74) is 0. The van der Waals surface area contributed by atoms with Crippen molar-refractivity contribution in [2.24, 2.45) is 0 Å².